The monoisotopic (exact) mass is 346 g/mol. The van der Waals surface area contributed by atoms with E-state index < -0.39 is 11.6 Å². The second-order valence-corrected chi connectivity index (χ2v) is 6.44. The van der Waals surface area contributed by atoms with Gasteiger partial charge in [0.15, 0.2) is 17.0 Å². The van der Waals surface area contributed by atoms with Crippen LogP contribution >= 0.6 is 11.3 Å². The van der Waals surface area contributed by atoms with Gasteiger partial charge in [-0.25, -0.2) is 4.79 Å². The van der Waals surface area contributed by atoms with Crippen molar-refractivity contribution < 1.29 is 19.1 Å². The Morgan fingerprint density at radius 2 is 1.92 bits per heavy atom. The Hall–Kier alpha value is -2.54. The quantitative estimate of drug-likeness (QED) is 0.817. The lowest BCUT2D eigenvalue weighted by atomic mass is 10.0. The van der Waals surface area contributed by atoms with Crippen molar-refractivity contribution in [3.8, 4) is 11.5 Å². The maximum atomic E-state index is 12.7. The third kappa shape index (κ3) is 2.82. The molecule has 0 bridgehead atoms. The van der Waals surface area contributed by atoms with Gasteiger partial charge in [-0.15, -0.1) is 11.3 Å². The van der Waals surface area contributed by atoms with Crippen molar-refractivity contribution in [3.63, 3.8) is 0 Å². The topological polar surface area (TPSA) is 67.9 Å². The molecule has 3 amide bonds. The first-order chi connectivity index (χ1) is 11.6. The first kappa shape index (κ1) is 16.3. The van der Waals surface area contributed by atoms with E-state index in [1.54, 1.807) is 26.2 Å². The number of urea groups is 1. The number of rotatable bonds is 6. The maximum Gasteiger partial charge on any atom is 0.325 e. The van der Waals surface area contributed by atoms with Crippen LogP contribution in [0.4, 0.5) is 4.79 Å². The highest BCUT2D eigenvalue weighted by molar-refractivity contribution is 7.10. The van der Waals surface area contributed by atoms with E-state index in [9.17, 15) is 9.59 Å². The van der Waals surface area contributed by atoms with Crippen LogP contribution in [-0.2, 0) is 10.3 Å². The minimum Gasteiger partial charge on any atom is -0.493 e. The van der Waals surface area contributed by atoms with Crippen LogP contribution in [0.1, 0.15) is 11.8 Å². The van der Waals surface area contributed by atoms with Crippen LogP contribution in [0.2, 0.25) is 0 Å². The number of thiophene rings is 1. The average Bonchev–Trinajstić information content (AvgIpc) is 3.19. The lowest BCUT2D eigenvalue weighted by Gasteiger charge is -2.20. The summed E-state index contributed by atoms with van der Waals surface area (Å²) < 4.78 is 10.9. The number of nitrogens with zero attached hydrogens (tertiary/aromatic N) is 1. The molecular weight excluding hydrogens is 328 g/mol. The second-order valence-electron chi connectivity index (χ2n) is 5.49. The number of ether oxygens (including phenoxy) is 2. The summed E-state index contributed by atoms with van der Waals surface area (Å²) in [5, 5.41) is 4.65. The summed E-state index contributed by atoms with van der Waals surface area (Å²) in [6, 6.07) is 10.5. The summed E-state index contributed by atoms with van der Waals surface area (Å²) in [5.74, 6) is 0.921. The number of carbonyl (C=O) groups is 2. The van der Waals surface area contributed by atoms with Crippen molar-refractivity contribution in [1.29, 1.82) is 0 Å². The Morgan fingerprint density at radius 1 is 1.17 bits per heavy atom. The van der Waals surface area contributed by atoms with E-state index in [1.165, 1.54) is 16.2 Å². The maximum absolute atomic E-state index is 12.7. The van der Waals surface area contributed by atoms with Crippen LogP contribution in [0.3, 0.4) is 0 Å². The molecule has 0 spiro atoms. The van der Waals surface area contributed by atoms with Gasteiger partial charge in [-0.05, 0) is 30.5 Å². The van der Waals surface area contributed by atoms with Crippen molar-refractivity contribution in [2.24, 2.45) is 0 Å². The van der Waals surface area contributed by atoms with Gasteiger partial charge < -0.3 is 14.8 Å². The summed E-state index contributed by atoms with van der Waals surface area (Å²) in [6.45, 7) is 2.09. The number of methoxy groups -OCH3 is 1. The fourth-order valence-corrected chi connectivity index (χ4v) is 3.45. The average molecular weight is 346 g/mol. The van der Waals surface area contributed by atoms with Crippen molar-refractivity contribution >= 4 is 23.3 Å². The second kappa shape index (κ2) is 6.52. The molecule has 1 aromatic heterocycles. The minimum atomic E-state index is -1.00. The number of hydrogen-bond donors (Lipinski definition) is 1. The molecule has 1 aliphatic heterocycles. The van der Waals surface area contributed by atoms with Crippen LogP contribution in [0.15, 0.2) is 41.8 Å². The van der Waals surface area contributed by atoms with Crippen molar-refractivity contribution in [2.75, 3.05) is 20.3 Å². The van der Waals surface area contributed by atoms with Crippen LogP contribution in [-0.4, -0.2) is 37.1 Å². The lowest BCUT2D eigenvalue weighted by Crippen LogP contribution is -2.40. The molecule has 1 fully saturated rings. The smallest absolute Gasteiger partial charge is 0.325 e. The molecule has 126 valence electrons. The van der Waals surface area contributed by atoms with Crippen LogP contribution in [0.25, 0.3) is 0 Å². The number of hydrogen-bond acceptors (Lipinski definition) is 5. The molecule has 1 aliphatic rings. The predicted octanol–water partition coefficient (Wildman–Crippen LogP) is 2.60. The highest BCUT2D eigenvalue weighted by Gasteiger charge is 2.49. The summed E-state index contributed by atoms with van der Waals surface area (Å²) in [5.41, 5.74) is -1.00. The highest BCUT2D eigenvalue weighted by Crippen LogP contribution is 2.32. The zero-order chi connectivity index (χ0) is 17.2. The van der Waals surface area contributed by atoms with Crippen LogP contribution in [0.5, 0.6) is 11.5 Å². The van der Waals surface area contributed by atoms with Gasteiger partial charge in [0.1, 0.15) is 6.61 Å². The minimum absolute atomic E-state index is 0.170. The van der Waals surface area contributed by atoms with Gasteiger partial charge in [0.2, 0.25) is 0 Å². The van der Waals surface area contributed by atoms with Crippen LogP contribution < -0.4 is 14.8 Å². The van der Waals surface area contributed by atoms with Crippen molar-refractivity contribution in [1.82, 2.24) is 10.2 Å². The van der Waals surface area contributed by atoms with Gasteiger partial charge in [-0.2, -0.15) is 0 Å². The molecule has 24 heavy (non-hydrogen) atoms. The number of benzene rings is 1. The Kier molecular flexibility index (Phi) is 4.44. The van der Waals surface area contributed by atoms with Gasteiger partial charge in [0.05, 0.1) is 13.7 Å². The summed E-state index contributed by atoms with van der Waals surface area (Å²) in [6.07, 6.45) is 0. The molecule has 7 heteroatoms. The fourth-order valence-electron chi connectivity index (χ4n) is 2.62. The Bertz CT molecular complexity index is 747. The summed E-state index contributed by atoms with van der Waals surface area (Å²) >= 11 is 1.44. The molecule has 1 aromatic carbocycles. The number of imide groups is 1. The number of para-hydroxylation sites is 2. The number of nitrogens with one attached hydrogen (secondary N) is 1. The highest BCUT2D eigenvalue weighted by atomic mass is 32.1. The van der Waals surface area contributed by atoms with E-state index >= 15 is 0 Å². The van der Waals surface area contributed by atoms with Gasteiger partial charge in [-0.1, -0.05) is 18.2 Å². The first-order valence-corrected chi connectivity index (χ1v) is 8.38. The van der Waals surface area contributed by atoms with Gasteiger partial charge >= 0.3 is 6.03 Å². The van der Waals surface area contributed by atoms with Crippen LogP contribution in [0, 0.1) is 0 Å². The Morgan fingerprint density at radius 3 is 2.58 bits per heavy atom. The van der Waals surface area contributed by atoms with E-state index in [1.807, 2.05) is 29.6 Å². The first-order valence-electron chi connectivity index (χ1n) is 7.50. The molecule has 3 rings (SSSR count). The predicted molar refractivity (Wildman–Crippen MR) is 90.4 cm³/mol. The van der Waals surface area contributed by atoms with E-state index in [0.717, 1.165) is 4.88 Å². The van der Waals surface area contributed by atoms with Gasteiger partial charge in [0, 0.05) is 4.88 Å². The standard InChI is InChI=1S/C17H18N2O4S/c1-17(14-8-5-11-24-14)15(20)19(16(21)18-17)9-10-23-13-7-4-3-6-12(13)22-2/h3-8,11H,9-10H2,1-2H3,(H,18,21)/t17-/m1/s1. The Balaban J connectivity index is 1.66. The third-order valence-electron chi connectivity index (χ3n) is 3.93. The van der Waals surface area contributed by atoms with E-state index in [4.69, 9.17) is 9.47 Å². The van der Waals surface area contributed by atoms with Crippen molar-refractivity contribution in [2.45, 2.75) is 12.5 Å². The zero-order valence-corrected chi connectivity index (χ0v) is 14.3. The SMILES string of the molecule is COc1ccccc1OCCN1C(=O)N[C@](C)(c2cccs2)C1=O. The molecule has 0 saturated carbocycles. The van der Waals surface area contributed by atoms with E-state index in [0.29, 0.717) is 11.5 Å². The molecule has 1 N–H and O–H groups in total. The third-order valence-corrected chi connectivity index (χ3v) is 5.02. The molecule has 2 heterocycles. The molecule has 0 aliphatic carbocycles. The summed E-state index contributed by atoms with van der Waals surface area (Å²) in [4.78, 5) is 26.9. The van der Waals surface area contributed by atoms with E-state index in [2.05, 4.69) is 5.32 Å². The molecule has 0 unspecified atom stereocenters. The molecular formula is C17H18N2O4S. The summed E-state index contributed by atoms with van der Waals surface area (Å²) in [7, 11) is 1.56. The molecule has 1 saturated heterocycles. The molecule has 2 aromatic rings. The van der Waals surface area contributed by atoms with Gasteiger partial charge in [-0.3, -0.25) is 9.69 Å². The van der Waals surface area contributed by atoms with E-state index in [-0.39, 0.29) is 19.1 Å². The Labute approximate surface area is 144 Å². The fraction of sp³-hybridized carbons (Fsp3) is 0.294. The normalized spacial score (nSPS) is 20.2. The zero-order valence-electron chi connectivity index (χ0n) is 13.4. The molecule has 0 radical (unpaired) electrons. The van der Waals surface area contributed by atoms with Gasteiger partial charge in [0.25, 0.3) is 5.91 Å². The lowest BCUT2D eigenvalue weighted by molar-refractivity contribution is -0.131. The molecule has 6 nitrogen and oxygen atoms in total. The number of amides is 3. The largest absolute Gasteiger partial charge is 0.493 e. The number of carbonyl (C=O) groups excluding carboxylic acids is 2. The molecule has 1 atom stereocenters. The van der Waals surface area contributed by atoms with Crippen molar-refractivity contribution in [3.05, 3.63) is 46.7 Å².